The minimum atomic E-state index is 0.155. The molecule has 0 aliphatic carbocycles. The maximum absolute atomic E-state index is 12.3. The largest absolute Gasteiger partial charge is 0.371 e. The molecule has 1 amide bonds. The van der Waals surface area contributed by atoms with Crippen molar-refractivity contribution in [3.05, 3.63) is 65.7 Å². The number of aryl methyl sites for hydroxylation is 1. The van der Waals surface area contributed by atoms with Gasteiger partial charge in [0.2, 0.25) is 5.91 Å². The molecule has 3 rings (SSSR count). The normalized spacial score (nSPS) is 15.3. The second kappa shape index (κ2) is 8.00. The summed E-state index contributed by atoms with van der Waals surface area (Å²) in [5.41, 5.74) is 3.82. The van der Waals surface area contributed by atoms with Crippen molar-refractivity contribution >= 4 is 11.6 Å². The predicted molar refractivity (Wildman–Crippen MR) is 99.3 cm³/mol. The monoisotopic (exact) mass is 322 g/mol. The molecule has 1 aliphatic heterocycles. The summed E-state index contributed by atoms with van der Waals surface area (Å²) in [6.07, 6.45) is 2.77. The van der Waals surface area contributed by atoms with E-state index in [2.05, 4.69) is 53.5 Å². The number of hydrogen-bond acceptors (Lipinski definition) is 2. The van der Waals surface area contributed by atoms with Crippen LogP contribution in [0.15, 0.2) is 54.6 Å². The van der Waals surface area contributed by atoms with E-state index in [4.69, 9.17) is 0 Å². The first-order valence-corrected chi connectivity index (χ1v) is 8.85. The number of amides is 1. The molecule has 1 saturated heterocycles. The molecule has 3 nitrogen and oxygen atoms in total. The number of anilines is 1. The fourth-order valence-electron chi connectivity index (χ4n) is 3.27. The van der Waals surface area contributed by atoms with E-state index in [9.17, 15) is 4.79 Å². The summed E-state index contributed by atoms with van der Waals surface area (Å²) < 4.78 is 0. The lowest BCUT2D eigenvalue weighted by Gasteiger charge is -2.33. The van der Waals surface area contributed by atoms with Crippen molar-refractivity contribution < 1.29 is 4.79 Å². The van der Waals surface area contributed by atoms with Crippen molar-refractivity contribution in [3.8, 4) is 0 Å². The van der Waals surface area contributed by atoms with Crippen LogP contribution in [0.4, 0.5) is 5.69 Å². The highest BCUT2D eigenvalue weighted by molar-refractivity contribution is 5.79. The van der Waals surface area contributed by atoms with Gasteiger partial charge in [-0.15, -0.1) is 0 Å². The van der Waals surface area contributed by atoms with E-state index >= 15 is 0 Å². The molecular weight excluding hydrogens is 296 g/mol. The van der Waals surface area contributed by atoms with E-state index in [0.717, 1.165) is 38.9 Å². The van der Waals surface area contributed by atoms with Crippen LogP contribution >= 0.6 is 0 Å². The number of benzene rings is 2. The summed E-state index contributed by atoms with van der Waals surface area (Å²) in [5.74, 6) is 0.372. The fourth-order valence-corrected chi connectivity index (χ4v) is 3.27. The summed E-state index contributed by atoms with van der Waals surface area (Å²) in [6, 6.07) is 19.0. The van der Waals surface area contributed by atoms with Gasteiger partial charge in [0.15, 0.2) is 0 Å². The Labute approximate surface area is 144 Å². The van der Waals surface area contributed by atoms with Crippen LogP contribution in [0.5, 0.6) is 0 Å². The van der Waals surface area contributed by atoms with Crippen molar-refractivity contribution in [1.29, 1.82) is 0 Å². The van der Waals surface area contributed by atoms with Gasteiger partial charge in [-0.1, -0.05) is 48.0 Å². The SMILES string of the molecule is Cc1ccc(N2CCC(C(=O)NCCc3ccccc3)CC2)cc1. The Morgan fingerprint density at radius 1 is 1.04 bits per heavy atom. The van der Waals surface area contributed by atoms with Gasteiger partial charge in [-0.3, -0.25) is 4.79 Å². The summed E-state index contributed by atoms with van der Waals surface area (Å²) >= 11 is 0. The first kappa shape index (κ1) is 16.6. The number of carbonyl (C=O) groups excluding carboxylic acids is 1. The van der Waals surface area contributed by atoms with Gasteiger partial charge in [0.25, 0.3) is 0 Å². The summed E-state index contributed by atoms with van der Waals surface area (Å²) in [6.45, 7) is 4.75. The number of carbonyl (C=O) groups is 1. The molecule has 126 valence electrons. The molecule has 0 unspecified atom stereocenters. The lowest BCUT2D eigenvalue weighted by molar-refractivity contribution is -0.125. The highest BCUT2D eigenvalue weighted by Gasteiger charge is 2.24. The lowest BCUT2D eigenvalue weighted by Crippen LogP contribution is -2.41. The summed E-state index contributed by atoms with van der Waals surface area (Å²) in [4.78, 5) is 14.7. The number of rotatable bonds is 5. The second-order valence-corrected chi connectivity index (χ2v) is 6.62. The Morgan fingerprint density at radius 2 is 1.71 bits per heavy atom. The van der Waals surface area contributed by atoms with Crippen molar-refractivity contribution in [3.63, 3.8) is 0 Å². The fraction of sp³-hybridized carbons (Fsp3) is 0.381. The van der Waals surface area contributed by atoms with Gasteiger partial charge < -0.3 is 10.2 Å². The molecule has 1 fully saturated rings. The Kier molecular flexibility index (Phi) is 5.52. The van der Waals surface area contributed by atoms with Crippen LogP contribution in [0, 0.1) is 12.8 Å². The Hall–Kier alpha value is -2.29. The molecule has 24 heavy (non-hydrogen) atoms. The number of nitrogens with one attached hydrogen (secondary N) is 1. The van der Waals surface area contributed by atoms with Crippen molar-refractivity contribution in [1.82, 2.24) is 5.32 Å². The zero-order chi connectivity index (χ0) is 16.8. The van der Waals surface area contributed by atoms with Crippen LogP contribution in [-0.4, -0.2) is 25.5 Å². The molecule has 0 spiro atoms. The quantitative estimate of drug-likeness (QED) is 0.913. The second-order valence-electron chi connectivity index (χ2n) is 6.62. The van der Waals surface area contributed by atoms with Crippen LogP contribution in [0.1, 0.15) is 24.0 Å². The third-order valence-corrected chi connectivity index (χ3v) is 4.82. The molecule has 2 aromatic rings. The zero-order valence-corrected chi connectivity index (χ0v) is 14.4. The van der Waals surface area contributed by atoms with E-state index in [1.807, 2.05) is 18.2 Å². The maximum Gasteiger partial charge on any atom is 0.223 e. The minimum Gasteiger partial charge on any atom is -0.371 e. The average Bonchev–Trinajstić information content (AvgIpc) is 2.63. The van der Waals surface area contributed by atoms with E-state index in [-0.39, 0.29) is 11.8 Å². The lowest BCUT2D eigenvalue weighted by atomic mass is 9.95. The topological polar surface area (TPSA) is 32.3 Å². The maximum atomic E-state index is 12.3. The van der Waals surface area contributed by atoms with Gasteiger partial charge in [-0.2, -0.15) is 0 Å². The standard InChI is InChI=1S/C21H26N2O/c1-17-7-9-20(10-8-17)23-15-12-19(13-16-23)21(24)22-14-11-18-5-3-2-4-6-18/h2-10,19H,11-16H2,1H3,(H,22,24). The molecule has 0 atom stereocenters. The van der Waals surface area contributed by atoms with Gasteiger partial charge in [-0.25, -0.2) is 0 Å². The number of nitrogens with zero attached hydrogens (tertiary/aromatic N) is 1. The Balaban J connectivity index is 1.42. The third-order valence-electron chi connectivity index (χ3n) is 4.82. The minimum absolute atomic E-state index is 0.155. The van der Waals surface area contributed by atoms with Crippen molar-refractivity contribution in [2.24, 2.45) is 5.92 Å². The molecule has 1 aliphatic rings. The summed E-state index contributed by atoms with van der Waals surface area (Å²) in [7, 11) is 0. The van der Waals surface area contributed by atoms with Crippen LogP contribution in [-0.2, 0) is 11.2 Å². The predicted octanol–water partition coefficient (Wildman–Crippen LogP) is 3.57. The average molecular weight is 322 g/mol. The first-order valence-electron chi connectivity index (χ1n) is 8.85. The van der Waals surface area contributed by atoms with E-state index in [1.165, 1.54) is 16.8 Å². The van der Waals surface area contributed by atoms with Crippen LogP contribution in [0.3, 0.4) is 0 Å². The molecule has 2 aromatic carbocycles. The molecular formula is C21H26N2O. The van der Waals surface area contributed by atoms with E-state index in [0.29, 0.717) is 0 Å². The van der Waals surface area contributed by atoms with Gasteiger partial charge in [0, 0.05) is 31.2 Å². The Bertz CT molecular complexity index is 643. The van der Waals surface area contributed by atoms with E-state index < -0.39 is 0 Å². The van der Waals surface area contributed by atoms with Crippen LogP contribution in [0.2, 0.25) is 0 Å². The van der Waals surface area contributed by atoms with Gasteiger partial charge in [0.1, 0.15) is 0 Å². The van der Waals surface area contributed by atoms with E-state index in [1.54, 1.807) is 0 Å². The van der Waals surface area contributed by atoms with Gasteiger partial charge in [0.05, 0.1) is 0 Å². The summed E-state index contributed by atoms with van der Waals surface area (Å²) in [5, 5.41) is 3.11. The number of hydrogen-bond donors (Lipinski definition) is 1. The Morgan fingerprint density at radius 3 is 2.38 bits per heavy atom. The molecule has 0 radical (unpaired) electrons. The van der Waals surface area contributed by atoms with Crippen molar-refractivity contribution in [2.75, 3.05) is 24.5 Å². The first-order chi connectivity index (χ1) is 11.7. The molecule has 0 aromatic heterocycles. The van der Waals surface area contributed by atoms with Gasteiger partial charge >= 0.3 is 0 Å². The van der Waals surface area contributed by atoms with Crippen LogP contribution in [0.25, 0.3) is 0 Å². The molecule has 1 N–H and O–H groups in total. The van der Waals surface area contributed by atoms with Crippen molar-refractivity contribution in [2.45, 2.75) is 26.2 Å². The zero-order valence-electron chi connectivity index (χ0n) is 14.4. The third kappa shape index (κ3) is 4.38. The van der Waals surface area contributed by atoms with Crippen LogP contribution < -0.4 is 10.2 Å². The molecule has 0 bridgehead atoms. The molecule has 1 heterocycles. The number of piperidine rings is 1. The smallest absolute Gasteiger partial charge is 0.223 e. The molecule has 0 saturated carbocycles. The highest BCUT2D eigenvalue weighted by atomic mass is 16.1. The molecule has 3 heteroatoms. The highest BCUT2D eigenvalue weighted by Crippen LogP contribution is 2.23. The van der Waals surface area contributed by atoms with Gasteiger partial charge in [-0.05, 0) is 43.9 Å².